The van der Waals surface area contributed by atoms with Gasteiger partial charge in [-0.3, -0.25) is 0 Å². The van der Waals surface area contributed by atoms with E-state index < -0.39 is 0 Å². The molecule has 2 heterocycles. The van der Waals surface area contributed by atoms with Crippen molar-refractivity contribution in [3.8, 4) is 5.75 Å². The molecule has 108 valence electrons. The van der Waals surface area contributed by atoms with Gasteiger partial charge in [0.05, 0.1) is 12.0 Å². The Morgan fingerprint density at radius 1 is 1.19 bits per heavy atom. The Bertz CT molecular complexity index is 780. The molecule has 5 nitrogen and oxygen atoms in total. The molecule has 21 heavy (non-hydrogen) atoms. The molecule has 0 saturated carbocycles. The highest BCUT2D eigenvalue weighted by atomic mass is 35.5. The summed E-state index contributed by atoms with van der Waals surface area (Å²) in [4.78, 5) is 13.0. The van der Waals surface area contributed by atoms with E-state index >= 15 is 0 Å². The molecule has 0 amide bonds. The predicted octanol–water partition coefficient (Wildman–Crippen LogP) is 3.36. The van der Waals surface area contributed by atoms with Crippen molar-refractivity contribution in [3.63, 3.8) is 0 Å². The topological polar surface area (TPSA) is 63.8 Å². The van der Waals surface area contributed by atoms with Crippen LogP contribution in [-0.2, 0) is 6.42 Å². The lowest BCUT2D eigenvalue weighted by molar-refractivity contribution is 0.475. The van der Waals surface area contributed by atoms with Crippen molar-refractivity contribution >= 4 is 22.8 Å². The van der Waals surface area contributed by atoms with Crippen molar-refractivity contribution in [1.29, 1.82) is 0 Å². The van der Waals surface area contributed by atoms with Crippen LogP contribution in [0, 0.1) is 0 Å². The van der Waals surface area contributed by atoms with Crippen LogP contribution in [0.3, 0.4) is 0 Å². The minimum atomic E-state index is 0.221. The van der Waals surface area contributed by atoms with Crippen LogP contribution in [-0.4, -0.2) is 24.6 Å². The van der Waals surface area contributed by atoms with Gasteiger partial charge in [-0.2, -0.15) is 4.98 Å². The summed E-state index contributed by atoms with van der Waals surface area (Å²) < 4.78 is 1.98. The monoisotopic (exact) mass is 302 g/mol. The highest BCUT2D eigenvalue weighted by Gasteiger charge is 2.14. The second-order valence-corrected chi connectivity index (χ2v) is 5.54. The molecule has 0 bridgehead atoms. The lowest BCUT2D eigenvalue weighted by Crippen LogP contribution is -2.02. The molecular weight excluding hydrogens is 288 g/mol. The summed E-state index contributed by atoms with van der Waals surface area (Å²) in [5.74, 6) is 0.244. The number of aromatic hydroxyl groups is 1. The van der Waals surface area contributed by atoms with Crippen LogP contribution < -0.4 is 0 Å². The first kappa shape index (κ1) is 13.8. The number of hydrogen-bond donors (Lipinski definition) is 1. The molecule has 3 rings (SSSR count). The minimum Gasteiger partial charge on any atom is -0.508 e. The normalized spacial score (nSPS) is 11.4. The highest BCUT2D eigenvalue weighted by molar-refractivity contribution is 6.28. The SMILES string of the molecule is CC(C)n1cnc2c(Cc3ccc(O)cc3)nc(Cl)nc21. The standard InChI is InChI=1S/C15H15ClN4O/c1-9(2)20-8-17-13-12(18-15(16)19-14(13)20)7-10-3-5-11(21)6-4-10/h3-6,8-9,21H,7H2,1-2H3. The van der Waals surface area contributed by atoms with Gasteiger partial charge in [0, 0.05) is 12.5 Å². The van der Waals surface area contributed by atoms with Gasteiger partial charge in [0.15, 0.2) is 5.65 Å². The van der Waals surface area contributed by atoms with E-state index in [-0.39, 0.29) is 17.1 Å². The van der Waals surface area contributed by atoms with Gasteiger partial charge in [-0.25, -0.2) is 9.97 Å². The number of phenols is 1. The fraction of sp³-hybridized carbons (Fsp3) is 0.267. The Kier molecular flexibility index (Phi) is 3.51. The third-order valence-corrected chi connectivity index (χ3v) is 3.50. The second-order valence-electron chi connectivity index (χ2n) is 5.20. The van der Waals surface area contributed by atoms with Crippen LogP contribution in [0.1, 0.15) is 31.1 Å². The zero-order chi connectivity index (χ0) is 15.0. The number of benzene rings is 1. The van der Waals surface area contributed by atoms with Gasteiger partial charge in [-0.05, 0) is 43.1 Å². The van der Waals surface area contributed by atoms with Crippen molar-refractivity contribution in [3.05, 3.63) is 47.1 Å². The van der Waals surface area contributed by atoms with Crippen molar-refractivity contribution in [1.82, 2.24) is 19.5 Å². The molecule has 0 aliphatic carbocycles. The van der Waals surface area contributed by atoms with Crippen LogP contribution in [0.2, 0.25) is 5.28 Å². The number of halogens is 1. The third kappa shape index (κ3) is 2.69. The first-order valence-electron chi connectivity index (χ1n) is 6.71. The number of nitrogens with zero attached hydrogens (tertiary/aromatic N) is 4. The fourth-order valence-corrected chi connectivity index (χ4v) is 2.44. The number of aromatic nitrogens is 4. The first-order valence-corrected chi connectivity index (χ1v) is 7.09. The molecule has 3 aromatic rings. The molecule has 0 saturated heterocycles. The second kappa shape index (κ2) is 5.33. The van der Waals surface area contributed by atoms with Gasteiger partial charge >= 0.3 is 0 Å². The number of fused-ring (bicyclic) bond motifs is 1. The summed E-state index contributed by atoms with van der Waals surface area (Å²) in [6.07, 6.45) is 2.36. The van der Waals surface area contributed by atoms with Crippen LogP contribution in [0.4, 0.5) is 0 Å². The molecule has 1 N–H and O–H groups in total. The number of imidazole rings is 1. The van der Waals surface area contributed by atoms with Crippen molar-refractivity contribution in [2.75, 3.05) is 0 Å². The molecule has 0 radical (unpaired) electrons. The summed E-state index contributed by atoms with van der Waals surface area (Å²) in [6.45, 7) is 4.13. The van der Waals surface area contributed by atoms with Gasteiger partial charge < -0.3 is 9.67 Å². The molecule has 1 aromatic carbocycles. The lowest BCUT2D eigenvalue weighted by atomic mass is 10.1. The summed E-state index contributed by atoms with van der Waals surface area (Å²) >= 11 is 6.05. The summed E-state index contributed by atoms with van der Waals surface area (Å²) in [7, 11) is 0. The van der Waals surface area contributed by atoms with E-state index in [0.717, 1.165) is 22.4 Å². The molecule has 0 atom stereocenters. The Morgan fingerprint density at radius 3 is 2.57 bits per heavy atom. The average Bonchev–Trinajstić information content (AvgIpc) is 2.85. The van der Waals surface area contributed by atoms with Crippen LogP contribution in [0.5, 0.6) is 5.75 Å². The Balaban J connectivity index is 2.07. The molecule has 0 unspecified atom stereocenters. The summed E-state index contributed by atoms with van der Waals surface area (Å²) in [5, 5.41) is 9.56. The van der Waals surface area contributed by atoms with Crippen molar-refractivity contribution < 1.29 is 5.11 Å². The van der Waals surface area contributed by atoms with Gasteiger partial charge in [-0.15, -0.1) is 0 Å². The van der Waals surface area contributed by atoms with Crippen molar-refractivity contribution in [2.45, 2.75) is 26.3 Å². The number of hydrogen-bond acceptors (Lipinski definition) is 4. The summed E-state index contributed by atoms with van der Waals surface area (Å²) in [5.41, 5.74) is 3.33. The van der Waals surface area contributed by atoms with Crippen LogP contribution in [0.15, 0.2) is 30.6 Å². The Labute approximate surface area is 127 Å². The highest BCUT2D eigenvalue weighted by Crippen LogP contribution is 2.22. The van der Waals surface area contributed by atoms with E-state index in [1.165, 1.54) is 0 Å². The maximum Gasteiger partial charge on any atom is 0.224 e. The first-order chi connectivity index (χ1) is 10.0. The third-order valence-electron chi connectivity index (χ3n) is 3.33. The molecule has 0 aliphatic heterocycles. The van der Waals surface area contributed by atoms with Crippen LogP contribution in [0.25, 0.3) is 11.2 Å². The lowest BCUT2D eigenvalue weighted by Gasteiger charge is -2.08. The zero-order valence-electron chi connectivity index (χ0n) is 11.8. The number of rotatable bonds is 3. The van der Waals surface area contributed by atoms with Crippen molar-refractivity contribution in [2.24, 2.45) is 0 Å². The van der Waals surface area contributed by atoms with E-state index in [4.69, 9.17) is 11.6 Å². The molecule has 0 aliphatic rings. The largest absolute Gasteiger partial charge is 0.508 e. The van der Waals surface area contributed by atoms with E-state index in [9.17, 15) is 5.11 Å². The maximum atomic E-state index is 9.34. The molecular formula is C15H15ClN4O. The molecule has 0 spiro atoms. The van der Waals surface area contributed by atoms with E-state index in [2.05, 4.69) is 28.8 Å². The van der Waals surface area contributed by atoms with Gasteiger partial charge in [0.25, 0.3) is 0 Å². The average molecular weight is 303 g/mol. The maximum absolute atomic E-state index is 9.34. The van der Waals surface area contributed by atoms with Gasteiger partial charge in [0.1, 0.15) is 11.3 Å². The van der Waals surface area contributed by atoms with E-state index in [0.29, 0.717) is 6.42 Å². The summed E-state index contributed by atoms with van der Waals surface area (Å²) in [6, 6.07) is 7.28. The molecule has 6 heteroatoms. The van der Waals surface area contributed by atoms with Gasteiger partial charge in [0.2, 0.25) is 5.28 Å². The Hall–Kier alpha value is -2.14. The zero-order valence-corrected chi connectivity index (χ0v) is 12.5. The minimum absolute atomic E-state index is 0.221. The molecule has 2 aromatic heterocycles. The predicted molar refractivity (Wildman–Crippen MR) is 81.6 cm³/mol. The number of phenolic OH excluding ortho intramolecular Hbond substituents is 1. The molecule has 0 fully saturated rings. The van der Waals surface area contributed by atoms with Crippen LogP contribution >= 0.6 is 11.6 Å². The smallest absolute Gasteiger partial charge is 0.224 e. The fourth-order valence-electron chi connectivity index (χ4n) is 2.25. The van der Waals surface area contributed by atoms with E-state index in [1.54, 1.807) is 18.5 Å². The van der Waals surface area contributed by atoms with E-state index in [1.807, 2.05) is 16.7 Å². The Morgan fingerprint density at radius 2 is 1.90 bits per heavy atom. The quantitative estimate of drug-likeness (QED) is 0.754. The van der Waals surface area contributed by atoms with Gasteiger partial charge in [-0.1, -0.05) is 12.1 Å².